The van der Waals surface area contributed by atoms with E-state index in [1.807, 2.05) is 36.4 Å². The minimum Gasteiger partial charge on any atom is -0.462 e. The summed E-state index contributed by atoms with van der Waals surface area (Å²) in [5.74, 6) is -0.160. The van der Waals surface area contributed by atoms with Crippen molar-refractivity contribution in [2.24, 2.45) is 0 Å². The van der Waals surface area contributed by atoms with Crippen LogP contribution in [0.25, 0.3) is 27.9 Å². The second kappa shape index (κ2) is 9.16. The highest BCUT2D eigenvalue weighted by atomic mass is 16.5. The molecule has 0 amide bonds. The third-order valence-electron chi connectivity index (χ3n) is 5.45. The molecule has 160 valence electrons. The molecule has 6 heteroatoms. The molecule has 4 rings (SSSR count). The van der Waals surface area contributed by atoms with Gasteiger partial charge in [-0.15, -0.1) is 0 Å². The van der Waals surface area contributed by atoms with Gasteiger partial charge in [0, 0.05) is 5.69 Å². The summed E-state index contributed by atoms with van der Waals surface area (Å²) >= 11 is 0. The van der Waals surface area contributed by atoms with Crippen molar-refractivity contribution < 1.29 is 9.53 Å². The lowest BCUT2D eigenvalue weighted by atomic mass is 10.1. The zero-order valence-electron chi connectivity index (χ0n) is 18.1. The molecule has 0 bridgehead atoms. The van der Waals surface area contributed by atoms with Gasteiger partial charge in [-0.25, -0.2) is 14.8 Å². The number of benzene rings is 2. The van der Waals surface area contributed by atoms with Crippen LogP contribution < -0.4 is 5.73 Å². The highest BCUT2D eigenvalue weighted by Gasteiger charge is 2.25. The molecule has 0 aliphatic heterocycles. The van der Waals surface area contributed by atoms with Crippen molar-refractivity contribution in [1.29, 1.82) is 0 Å². The van der Waals surface area contributed by atoms with E-state index < -0.39 is 5.97 Å². The molecule has 2 N–H and O–H groups in total. The van der Waals surface area contributed by atoms with Crippen molar-refractivity contribution in [3.05, 3.63) is 59.7 Å². The van der Waals surface area contributed by atoms with Gasteiger partial charge in [0.1, 0.15) is 16.9 Å². The predicted octanol–water partition coefficient (Wildman–Crippen LogP) is 5.46. The van der Waals surface area contributed by atoms with Crippen LogP contribution in [0.5, 0.6) is 0 Å². The Hall–Kier alpha value is -3.41. The molecule has 0 fully saturated rings. The summed E-state index contributed by atoms with van der Waals surface area (Å²) in [5, 5.41) is 0. The molecular formula is C25H28N4O2. The first kappa shape index (κ1) is 20.8. The molecule has 0 radical (unpaired) electrons. The van der Waals surface area contributed by atoms with E-state index in [9.17, 15) is 4.79 Å². The number of unbranched alkanes of at least 4 members (excludes halogenated alkanes) is 2. The van der Waals surface area contributed by atoms with Crippen LogP contribution in [0.15, 0.2) is 48.5 Å². The average molecular weight is 417 g/mol. The molecule has 2 aromatic carbocycles. The van der Waals surface area contributed by atoms with Crippen molar-refractivity contribution in [3.63, 3.8) is 0 Å². The molecule has 2 aromatic heterocycles. The molecule has 0 atom stereocenters. The molecule has 0 saturated carbocycles. The number of nitrogen functional groups attached to an aromatic ring is 1. The van der Waals surface area contributed by atoms with Gasteiger partial charge < -0.3 is 10.5 Å². The van der Waals surface area contributed by atoms with Crippen molar-refractivity contribution >= 4 is 34.0 Å². The van der Waals surface area contributed by atoms with Gasteiger partial charge in [0.25, 0.3) is 0 Å². The Morgan fingerprint density at radius 2 is 1.65 bits per heavy atom. The van der Waals surface area contributed by atoms with Crippen LogP contribution in [-0.4, -0.2) is 27.1 Å². The number of nitrogens with zero attached hydrogens (tertiary/aromatic N) is 3. The van der Waals surface area contributed by atoms with Gasteiger partial charge in [0.05, 0.1) is 17.6 Å². The van der Waals surface area contributed by atoms with Gasteiger partial charge in [-0.05, 0) is 49.1 Å². The maximum atomic E-state index is 12.9. The fraction of sp³-hybridized carbons (Fsp3) is 0.320. The lowest BCUT2D eigenvalue weighted by Crippen LogP contribution is -2.10. The van der Waals surface area contributed by atoms with Gasteiger partial charge in [-0.2, -0.15) is 0 Å². The van der Waals surface area contributed by atoms with Crippen molar-refractivity contribution in [1.82, 2.24) is 14.5 Å². The quantitative estimate of drug-likeness (QED) is 0.305. The Kier molecular flexibility index (Phi) is 6.16. The van der Waals surface area contributed by atoms with Gasteiger partial charge >= 0.3 is 5.97 Å². The fourth-order valence-electron chi connectivity index (χ4n) is 3.70. The normalized spacial score (nSPS) is 11.3. The van der Waals surface area contributed by atoms with E-state index in [1.165, 1.54) is 5.56 Å². The topological polar surface area (TPSA) is 83.0 Å². The summed E-state index contributed by atoms with van der Waals surface area (Å²) in [4.78, 5) is 22.5. The number of rotatable bonds is 8. The number of carbonyl (C=O) groups is 1. The summed E-state index contributed by atoms with van der Waals surface area (Å²) in [6.45, 7) is 4.59. The largest absolute Gasteiger partial charge is 0.462 e. The van der Waals surface area contributed by atoms with E-state index in [0.717, 1.165) is 43.3 Å². The Morgan fingerprint density at radius 1 is 0.968 bits per heavy atom. The van der Waals surface area contributed by atoms with Gasteiger partial charge in [0.2, 0.25) is 0 Å². The Balaban J connectivity index is 1.86. The summed E-state index contributed by atoms with van der Waals surface area (Å²) < 4.78 is 7.28. The van der Waals surface area contributed by atoms with Gasteiger partial charge in [-0.3, -0.25) is 4.57 Å². The van der Waals surface area contributed by atoms with E-state index in [1.54, 1.807) is 4.57 Å². The highest BCUT2D eigenvalue weighted by molar-refractivity contribution is 6.09. The maximum Gasteiger partial charge on any atom is 0.344 e. The first-order chi connectivity index (χ1) is 15.1. The van der Waals surface area contributed by atoms with Gasteiger partial charge in [0.15, 0.2) is 5.65 Å². The lowest BCUT2D eigenvalue weighted by Gasteiger charge is -2.09. The second-order valence-corrected chi connectivity index (χ2v) is 7.74. The number of fused-ring (bicyclic) bond motifs is 2. The minimum absolute atomic E-state index is 0.277. The molecule has 0 aliphatic carbocycles. The second-order valence-electron chi connectivity index (χ2n) is 7.74. The van der Waals surface area contributed by atoms with Crippen LogP contribution in [0.4, 0.5) is 5.82 Å². The van der Waals surface area contributed by atoms with E-state index in [0.29, 0.717) is 29.1 Å². The summed E-state index contributed by atoms with van der Waals surface area (Å²) in [6, 6.07) is 15.8. The summed E-state index contributed by atoms with van der Waals surface area (Å²) in [6.07, 6.45) is 5.10. The highest BCUT2D eigenvalue weighted by Crippen LogP contribution is 2.31. The smallest absolute Gasteiger partial charge is 0.344 e. The zero-order chi connectivity index (χ0) is 21.8. The average Bonchev–Trinajstić information content (AvgIpc) is 3.07. The van der Waals surface area contributed by atoms with E-state index >= 15 is 0 Å². The van der Waals surface area contributed by atoms with Crippen molar-refractivity contribution in [3.8, 4) is 5.69 Å². The molecule has 0 aliphatic rings. The Bertz CT molecular complexity index is 1210. The van der Waals surface area contributed by atoms with E-state index in [4.69, 9.17) is 20.4 Å². The monoisotopic (exact) mass is 416 g/mol. The number of aromatic nitrogens is 3. The summed E-state index contributed by atoms with van der Waals surface area (Å²) in [5.41, 5.74) is 11.4. The molecule has 2 heterocycles. The molecular weight excluding hydrogens is 388 g/mol. The number of anilines is 1. The van der Waals surface area contributed by atoms with Crippen LogP contribution in [-0.2, 0) is 11.2 Å². The molecule has 0 saturated heterocycles. The van der Waals surface area contributed by atoms with Crippen LogP contribution in [0.1, 0.15) is 55.5 Å². The molecule has 6 nitrogen and oxygen atoms in total. The third-order valence-corrected chi connectivity index (χ3v) is 5.45. The number of esters is 1. The van der Waals surface area contributed by atoms with Crippen LogP contribution >= 0.6 is 0 Å². The standard InChI is InChI=1S/C25H28N4O2/c1-3-5-9-17-12-14-18(15-13-17)29-23(26)21(25(30)31-16-6-4-2)22-24(29)28-20-11-8-7-10-19(20)27-22/h7-8,10-15H,3-6,9,16,26H2,1-2H3. The number of aryl methyl sites for hydroxylation is 1. The number of hydrogen-bond donors (Lipinski definition) is 1. The minimum atomic E-state index is -0.459. The predicted molar refractivity (Wildman–Crippen MR) is 125 cm³/mol. The van der Waals surface area contributed by atoms with Crippen molar-refractivity contribution in [2.75, 3.05) is 12.3 Å². The lowest BCUT2D eigenvalue weighted by molar-refractivity contribution is 0.0503. The van der Waals surface area contributed by atoms with Gasteiger partial charge in [-0.1, -0.05) is 51.0 Å². The van der Waals surface area contributed by atoms with Crippen LogP contribution in [0, 0.1) is 0 Å². The van der Waals surface area contributed by atoms with Crippen molar-refractivity contribution in [2.45, 2.75) is 46.0 Å². The SMILES string of the molecule is CCCCOC(=O)c1c(N)n(-c2ccc(CCCC)cc2)c2nc3ccccc3nc12. The van der Waals surface area contributed by atoms with E-state index in [2.05, 4.69) is 26.0 Å². The number of nitrogens with two attached hydrogens (primary N) is 1. The molecule has 0 spiro atoms. The number of para-hydroxylation sites is 2. The van der Waals surface area contributed by atoms with Crippen LogP contribution in [0.3, 0.4) is 0 Å². The first-order valence-corrected chi connectivity index (χ1v) is 11.0. The maximum absolute atomic E-state index is 12.9. The van der Waals surface area contributed by atoms with Crippen LogP contribution in [0.2, 0.25) is 0 Å². The third kappa shape index (κ3) is 4.10. The Morgan fingerprint density at radius 3 is 2.32 bits per heavy atom. The number of ether oxygens (including phenoxy) is 1. The number of carbonyl (C=O) groups excluding carboxylic acids is 1. The molecule has 0 unspecified atom stereocenters. The first-order valence-electron chi connectivity index (χ1n) is 11.0. The molecule has 31 heavy (non-hydrogen) atoms. The fourth-order valence-corrected chi connectivity index (χ4v) is 3.70. The Labute approximate surface area is 182 Å². The van der Waals surface area contributed by atoms with E-state index in [-0.39, 0.29) is 5.56 Å². The molecule has 4 aromatic rings. The zero-order valence-corrected chi connectivity index (χ0v) is 18.1. The number of hydrogen-bond acceptors (Lipinski definition) is 5. The summed E-state index contributed by atoms with van der Waals surface area (Å²) in [7, 11) is 0.